The first-order valence-corrected chi connectivity index (χ1v) is 18.2. The fourth-order valence-corrected chi connectivity index (χ4v) is 9.59. The maximum absolute atomic E-state index is 5.70. The Morgan fingerprint density at radius 2 is 0.943 bits per heavy atom. The molecule has 0 aliphatic heterocycles. The fourth-order valence-electron chi connectivity index (χ4n) is 9.59. The SMILES string of the molecule is c1ccc(N(c2ccccc2)c2cc3ccccc3c3c4c5ccccc5cc5c6nc7c(cc6n(c23)c54)c2cccc3c4ccccc4n7c32)cc1. The van der Waals surface area contributed by atoms with Crippen molar-refractivity contribution in [1.29, 1.82) is 0 Å². The van der Waals surface area contributed by atoms with Crippen molar-refractivity contribution in [3.8, 4) is 0 Å². The van der Waals surface area contributed by atoms with Gasteiger partial charge in [0.1, 0.15) is 5.65 Å². The van der Waals surface area contributed by atoms with E-state index in [2.05, 4.69) is 184 Å². The summed E-state index contributed by atoms with van der Waals surface area (Å²) >= 11 is 0. The second-order valence-corrected chi connectivity index (χ2v) is 14.3. The van der Waals surface area contributed by atoms with E-state index in [0.29, 0.717) is 0 Å². The van der Waals surface area contributed by atoms with Crippen molar-refractivity contribution in [3.63, 3.8) is 0 Å². The number of hydrogen-bond acceptors (Lipinski definition) is 2. The Bertz CT molecular complexity index is 3580. The summed E-state index contributed by atoms with van der Waals surface area (Å²) < 4.78 is 4.94. The van der Waals surface area contributed by atoms with Gasteiger partial charge in [-0.05, 0) is 70.1 Å². The Labute approximate surface area is 302 Å². The van der Waals surface area contributed by atoms with Crippen LogP contribution in [0, 0.1) is 0 Å². The van der Waals surface area contributed by atoms with Gasteiger partial charge in [-0.1, -0.05) is 121 Å². The van der Waals surface area contributed by atoms with Gasteiger partial charge in [0.2, 0.25) is 0 Å². The summed E-state index contributed by atoms with van der Waals surface area (Å²) in [5.41, 5.74) is 11.4. The molecule has 13 rings (SSSR count). The van der Waals surface area contributed by atoms with Crippen LogP contribution in [0.3, 0.4) is 0 Å². The van der Waals surface area contributed by atoms with E-state index in [-0.39, 0.29) is 0 Å². The fraction of sp³-hybridized carbons (Fsp3) is 0. The lowest BCUT2D eigenvalue weighted by Gasteiger charge is -2.27. The Morgan fingerprint density at radius 1 is 0.377 bits per heavy atom. The molecule has 0 unspecified atom stereocenters. The molecule has 4 heteroatoms. The lowest BCUT2D eigenvalue weighted by Crippen LogP contribution is -2.11. The van der Waals surface area contributed by atoms with Gasteiger partial charge < -0.3 is 9.30 Å². The molecule has 0 aliphatic rings. The smallest absolute Gasteiger partial charge is 0.146 e. The average Bonchev–Trinajstić information content (AvgIpc) is 3.94. The Morgan fingerprint density at radius 3 is 1.66 bits per heavy atom. The zero-order valence-electron chi connectivity index (χ0n) is 28.5. The standard InChI is InChI=1S/C49H28N4/c1-3-16-31(17-4-1)51(32-18-5-2-6-19-32)42-27-30-15-8-10-21-34(30)44-43-33-20-9-7-14-29(33)26-39-45-41(52(47(39)43)48(42)44)28-38-37-24-13-23-36-35-22-11-12-25-40(35)53(46(36)37)49(38)50-45/h1-28H. The summed E-state index contributed by atoms with van der Waals surface area (Å²) in [6.07, 6.45) is 0. The molecular weight excluding hydrogens is 645 g/mol. The predicted octanol–water partition coefficient (Wildman–Crippen LogP) is 13.2. The average molecular weight is 673 g/mol. The highest BCUT2D eigenvalue weighted by Gasteiger charge is 2.28. The molecule has 244 valence electrons. The molecule has 0 fully saturated rings. The molecule has 0 atom stereocenters. The van der Waals surface area contributed by atoms with Gasteiger partial charge in [-0.2, -0.15) is 0 Å². The molecule has 5 aromatic heterocycles. The maximum atomic E-state index is 5.70. The summed E-state index contributed by atoms with van der Waals surface area (Å²) in [6.45, 7) is 0. The Balaban J connectivity index is 1.31. The van der Waals surface area contributed by atoms with Crippen molar-refractivity contribution in [2.24, 2.45) is 0 Å². The van der Waals surface area contributed by atoms with Crippen LogP contribution >= 0.6 is 0 Å². The molecule has 0 amide bonds. The van der Waals surface area contributed by atoms with Crippen LogP contribution in [0.1, 0.15) is 0 Å². The normalized spacial score (nSPS) is 12.5. The van der Waals surface area contributed by atoms with Crippen molar-refractivity contribution in [2.75, 3.05) is 4.90 Å². The summed E-state index contributed by atoms with van der Waals surface area (Å²) in [4.78, 5) is 8.13. The van der Waals surface area contributed by atoms with Crippen LogP contribution in [0.2, 0.25) is 0 Å². The minimum Gasteiger partial charge on any atom is -0.308 e. The zero-order valence-corrected chi connectivity index (χ0v) is 28.5. The zero-order chi connectivity index (χ0) is 34.4. The number of nitrogens with zero attached hydrogens (tertiary/aromatic N) is 4. The van der Waals surface area contributed by atoms with Gasteiger partial charge in [-0.15, -0.1) is 0 Å². The quantitative estimate of drug-likeness (QED) is 0.187. The third-order valence-corrected chi connectivity index (χ3v) is 11.7. The molecule has 53 heavy (non-hydrogen) atoms. The first-order valence-electron chi connectivity index (χ1n) is 18.2. The van der Waals surface area contributed by atoms with E-state index in [1.807, 2.05) is 0 Å². The van der Waals surface area contributed by atoms with E-state index < -0.39 is 0 Å². The van der Waals surface area contributed by atoms with Crippen LogP contribution in [0.4, 0.5) is 17.1 Å². The van der Waals surface area contributed by atoms with Crippen molar-refractivity contribution in [3.05, 3.63) is 170 Å². The number of benzene rings is 8. The summed E-state index contributed by atoms with van der Waals surface area (Å²) in [5.74, 6) is 0. The molecule has 13 aromatic rings. The third-order valence-electron chi connectivity index (χ3n) is 11.7. The highest BCUT2D eigenvalue weighted by atomic mass is 15.2. The van der Waals surface area contributed by atoms with Crippen LogP contribution in [0.5, 0.6) is 0 Å². The highest BCUT2D eigenvalue weighted by molar-refractivity contribution is 6.37. The van der Waals surface area contributed by atoms with Crippen molar-refractivity contribution >= 4 is 115 Å². The number of anilines is 3. The molecule has 8 aromatic carbocycles. The second kappa shape index (κ2) is 9.78. The lowest BCUT2D eigenvalue weighted by molar-refractivity contribution is 1.27. The highest BCUT2D eigenvalue weighted by Crippen LogP contribution is 2.51. The van der Waals surface area contributed by atoms with Crippen LogP contribution in [0.15, 0.2) is 170 Å². The molecule has 0 bridgehead atoms. The number of pyridine rings is 1. The van der Waals surface area contributed by atoms with Gasteiger partial charge in [-0.3, -0.25) is 4.40 Å². The molecule has 0 radical (unpaired) electrons. The maximum Gasteiger partial charge on any atom is 0.146 e. The predicted molar refractivity (Wildman–Crippen MR) is 223 cm³/mol. The molecule has 0 saturated heterocycles. The van der Waals surface area contributed by atoms with E-state index in [1.54, 1.807) is 0 Å². The monoisotopic (exact) mass is 672 g/mol. The van der Waals surface area contributed by atoms with Crippen LogP contribution < -0.4 is 4.90 Å². The molecule has 4 nitrogen and oxygen atoms in total. The largest absolute Gasteiger partial charge is 0.308 e. The Hall–Kier alpha value is -7.17. The van der Waals surface area contributed by atoms with Gasteiger partial charge in [0.25, 0.3) is 0 Å². The molecule has 0 N–H and O–H groups in total. The minimum absolute atomic E-state index is 1.01. The van der Waals surface area contributed by atoms with Crippen molar-refractivity contribution < 1.29 is 0 Å². The van der Waals surface area contributed by atoms with Gasteiger partial charge in [0, 0.05) is 49.1 Å². The van der Waals surface area contributed by atoms with Crippen LogP contribution in [-0.2, 0) is 0 Å². The number of rotatable bonds is 3. The van der Waals surface area contributed by atoms with Crippen molar-refractivity contribution in [2.45, 2.75) is 0 Å². The van der Waals surface area contributed by atoms with Crippen molar-refractivity contribution in [1.82, 2.24) is 13.8 Å². The number of para-hydroxylation sites is 4. The topological polar surface area (TPSA) is 25.0 Å². The molecule has 5 heterocycles. The van der Waals surface area contributed by atoms with Gasteiger partial charge in [0.05, 0.1) is 38.8 Å². The number of fused-ring (bicyclic) bond motifs is 16. The number of aromatic nitrogens is 3. The summed E-state index contributed by atoms with van der Waals surface area (Å²) in [6, 6.07) is 62.0. The minimum atomic E-state index is 1.01. The van der Waals surface area contributed by atoms with E-state index in [9.17, 15) is 0 Å². The Kier molecular flexibility index (Phi) is 5.08. The molecule has 0 saturated carbocycles. The third kappa shape index (κ3) is 3.39. The number of hydrogen-bond donors (Lipinski definition) is 0. The lowest BCUT2D eigenvalue weighted by atomic mass is 9.97. The van der Waals surface area contributed by atoms with Crippen LogP contribution in [-0.4, -0.2) is 13.8 Å². The van der Waals surface area contributed by atoms with Crippen LogP contribution in [0.25, 0.3) is 98.0 Å². The van der Waals surface area contributed by atoms with Gasteiger partial charge in [-0.25, -0.2) is 4.98 Å². The molecular formula is C49H28N4. The first kappa shape index (κ1) is 27.5. The van der Waals surface area contributed by atoms with E-state index in [1.165, 1.54) is 81.3 Å². The molecule has 0 spiro atoms. The second-order valence-electron chi connectivity index (χ2n) is 14.3. The summed E-state index contributed by atoms with van der Waals surface area (Å²) in [7, 11) is 0. The van der Waals surface area contributed by atoms with E-state index in [4.69, 9.17) is 4.98 Å². The van der Waals surface area contributed by atoms with E-state index >= 15 is 0 Å². The van der Waals surface area contributed by atoms with Gasteiger partial charge in [0.15, 0.2) is 0 Å². The van der Waals surface area contributed by atoms with Gasteiger partial charge >= 0.3 is 0 Å². The molecule has 0 aliphatic carbocycles. The summed E-state index contributed by atoms with van der Waals surface area (Å²) in [5, 5.41) is 13.6. The first-order chi connectivity index (χ1) is 26.3. The van der Waals surface area contributed by atoms with E-state index in [0.717, 1.165) is 33.7 Å².